The molecule has 0 saturated heterocycles. The molecule has 1 unspecified atom stereocenters. The van der Waals surface area contributed by atoms with E-state index in [9.17, 15) is 4.39 Å². The molecule has 1 atom stereocenters. The van der Waals surface area contributed by atoms with Gasteiger partial charge in [-0.05, 0) is 60.8 Å². The van der Waals surface area contributed by atoms with E-state index < -0.39 is 0 Å². The predicted octanol–water partition coefficient (Wildman–Crippen LogP) is 5.06. The molecule has 0 bridgehead atoms. The van der Waals surface area contributed by atoms with E-state index in [0.29, 0.717) is 5.92 Å². The normalized spacial score (nSPS) is 19.5. The van der Waals surface area contributed by atoms with Crippen LogP contribution < -0.4 is 5.73 Å². The molecule has 1 aliphatic rings. The SMILES string of the molecule is CC(C)CC1(C(N)Cc2cc(F)cc(Br)c2)CCCC1. The average Bonchev–Trinajstić information content (AvgIpc) is 2.76. The molecule has 1 saturated carbocycles. The van der Waals surface area contributed by atoms with Gasteiger partial charge in [-0.2, -0.15) is 0 Å². The van der Waals surface area contributed by atoms with Crippen molar-refractivity contribution in [1.29, 1.82) is 0 Å². The highest BCUT2D eigenvalue weighted by atomic mass is 79.9. The minimum absolute atomic E-state index is 0.126. The smallest absolute Gasteiger partial charge is 0.124 e. The molecule has 1 aromatic carbocycles. The topological polar surface area (TPSA) is 26.0 Å². The van der Waals surface area contributed by atoms with E-state index in [1.165, 1.54) is 38.2 Å². The molecule has 0 spiro atoms. The van der Waals surface area contributed by atoms with Gasteiger partial charge >= 0.3 is 0 Å². The number of hydrogen-bond donors (Lipinski definition) is 1. The molecule has 112 valence electrons. The summed E-state index contributed by atoms with van der Waals surface area (Å²) in [5, 5.41) is 0. The molecule has 1 aromatic rings. The van der Waals surface area contributed by atoms with Crippen LogP contribution in [0.15, 0.2) is 22.7 Å². The molecule has 3 heteroatoms. The monoisotopic (exact) mass is 341 g/mol. The molecule has 0 radical (unpaired) electrons. The molecule has 20 heavy (non-hydrogen) atoms. The second-order valence-corrected chi connectivity index (χ2v) is 7.67. The summed E-state index contributed by atoms with van der Waals surface area (Å²) in [7, 11) is 0. The van der Waals surface area contributed by atoms with E-state index in [1.807, 2.05) is 6.07 Å². The molecule has 0 aliphatic heterocycles. The largest absolute Gasteiger partial charge is 0.327 e. The minimum Gasteiger partial charge on any atom is -0.327 e. The Labute approximate surface area is 130 Å². The van der Waals surface area contributed by atoms with Crippen LogP contribution in [-0.4, -0.2) is 6.04 Å². The highest BCUT2D eigenvalue weighted by molar-refractivity contribution is 9.10. The Bertz CT molecular complexity index is 432. The Balaban J connectivity index is 2.14. The van der Waals surface area contributed by atoms with Crippen LogP contribution in [-0.2, 0) is 6.42 Å². The van der Waals surface area contributed by atoms with Gasteiger partial charge in [0, 0.05) is 10.5 Å². The van der Waals surface area contributed by atoms with Crippen LogP contribution in [0.4, 0.5) is 4.39 Å². The molecular formula is C17H25BrFN. The van der Waals surface area contributed by atoms with Gasteiger partial charge in [-0.25, -0.2) is 4.39 Å². The first kappa shape index (κ1) is 16.0. The average molecular weight is 342 g/mol. The van der Waals surface area contributed by atoms with Crippen LogP contribution >= 0.6 is 15.9 Å². The molecule has 1 aliphatic carbocycles. The summed E-state index contributed by atoms with van der Waals surface area (Å²) in [5.41, 5.74) is 7.81. The van der Waals surface area contributed by atoms with Gasteiger partial charge in [0.25, 0.3) is 0 Å². The van der Waals surface area contributed by atoms with Crippen molar-refractivity contribution in [3.8, 4) is 0 Å². The Morgan fingerprint density at radius 3 is 2.45 bits per heavy atom. The fraction of sp³-hybridized carbons (Fsp3) is 0.647. The quantitative estimate of drug-likeness (QED) is 0.795. The van der Waals surface area contributed by atoms with E-state index in [1.54, 1.807) is 6.07 Å². The molecule has 1 fully saturated rings. The molecule has 1 nitrogen and oxygen atoms in total. The maximum atomic E-state index is 13.5. The van der Waals surface area contributed by atoms with Crippen LogP contribution in [0.3, 0.4) is 0 Å². The number of benzene rings is 1. The van der Waals surface area contributed by atoms with Crippen molar-refractivity contribution in [3.63, 3.8) is 0 Å². The van der Waals surface area contributed by atoms with Crippen LogP contribution in [0.25, 0.3) is 0 Å². The zero-order valence-corrected chi connectivity index (χ0v) is 14.0. The molecule has 0 heterocycles. The van der Waals surface area contributed by atoms with Gasteiger partial charge in [-0.15, -0.1) is 0 Å². The first-order chi connectivity index (χ1) is 9.41. The standard InChI is InChI=1S/C17H25BrFN/c1-12(2)11-17(5-3-4-6-17)16(20)9-13-7-14(18)10-15(19)8-13/h7-8,10,12,16H,3-6,9,11,20H2,1-2H3. The Kier molecular flexibility index (Phi) is 5.25. The lowest BCUT2D eigenvalue weighted by Gasteiger charge is -2.37. The van der Waals surface area contributed by atoms with Gasteiger partial charge < -0.3 is 5.73 Å². The summed E-state index contributed by atoms with van der Waals surface area (Å²) in [6, 6.07) is 5.22. The van der Waals surface area contributed by atoms with Crippen LogP contribution in [0.2, 0.25) is 0 Å². The molecular weight excluding hydrogens is 317 g/mol. The molecule has 2 N–H and O–H groups in total. The van der Waals surface area contributed by atoms with Crippen LogP contribution in [0.1, 0.15) is 51.5 Å². The first-order valence-corrected chi connectivity index (χ1v) is 8.41. The summed E-state index contributed by atoms with van der Waals surface area (Å²) >= 11 is 3.36. The van der Waals surface area contributed by atoms with E-state index in [2.05, 4.69) is 29.8 Å². The summed E-state index contributed by atoms with van der Waals surface area (Å²) < 4.78 is 14.3. The zero-order chi connectivity index (χ0) is 14.8. The maximum Gasteiger partial charge on any atom is 0.124 e. The lowest BCUT2D eigenvalue weighted by atomic mass is 9.71. The van der Waals surface area contributed by atoms with Crippen molar-refractivity contribution in [2.24, 2.45) is 17.1 Å². The number of nitrogens with two attached hydrogens (primary N) is 1. The van der Waals surface area contributed by atoms with Gasteiger partial charge in [0.2, 0.25) is 0 Å². The first-order valence-electron chi connectivity index (χ1n) is 7.62. The summed E-state index contributed by atoms with van der Waals surface area (Å²) in [5.74, 6) is 0.476. The third-order valence-corrected chi connectivity index (χ3v) is 5.04. The summed E-state index contributed by atoms with van der Waals surface area (Å²) in [6.07, 6.45) is 6.97. The second-order valence-electron chi connectivity index (χ2n) is 6.76. The van der Waals surface area contributed by atoms with Crippen LogP contribution in [0, 0.1) is 17.2 Å². The third-order valence-electron chi connectivity index (χ3n) is 4.58. The van der Waals surface area contributed by atoms with E-state index in [0.717, 1.165) is 16.5 Å². The van der Waals surface area contributed by atoms with Crippen LogP contribution in [0.5, 0.6) is 0 Å². The van der Waals surface area contributed by atoms with E-state index in [4.69, 9.17) is 5.73 Å². The Morgan fingerprint density at radius 1 is 1.25 bits per heavy atom. The Morgan fingerprint density at radius 2 is 1.90 bits per heavy atom. The minimum atomic E-state index is -0.189. The van der Waals surface area contributed by atoms with Crippen molar-refractivity contribution in [2.45, 2.75) is 58.4 Å². The number of halogens is 2. The molecule has 0 aromatic heterocycles. The highest BCUT2D eigenvalue weighted by Gasteiger charge is 2.39. The zero-order valence-electron chi connectivity index (χ0n) is 12.5. The lowest BCUT2D eigenvalue weighted by Crippen LogP contribution is -2.42. The van der Waals surface area contributed by atoms with Gasteiger partial charge in [0.15, 0.2) is 0 Å². The van der Waals surface area contributed by atoms with Crippen molar-refractivity contribution in [1.82, 2.24) is 0 Å². The van der Waals surface area contributed by atoms with Gasteiger partial charge in [-0.1, -0.05) is 42.6 Å². The van der Waals surface area contributed by atoms with Gasteiger partial charge in [0.1, 0.15) is 5.82 Å². The van der Waals surface area contributed by atoms with Crippen molar-refractivity contribution < 1.29 is 4.39 Å². The number of hydrogen-bond acceptors (Lipinski definition) is 1. The third kappa shape index (κ3) is 3.82. The second kappa shape index (κ2) is 6.57. The number of rotatable bonds is 5. The van der Waals surface area contributed by atoms with Crippen molar-refractivity contribution in [3.05, 3.63) is 34.1 Å². The van der Waals surface area contributed by atoms with Crippen molar-refractivity contribution >= 4 is 15.9 Å². The summed E-state index contributed by atoms with van der Waals surface area (Å²) in [4.78, 5) is 0. The Hall–Kier alpha value is -0.410. The molecule has 2 rings (SSSR count). The fourth-order valence-corrected chi connectivity index (χ4v) is 4.33. The summed E-state index contributed by atoms with van der Waals surface area (Å²) in [6.45, 7) is 4.54. The van der Waals surface area contributed by atoms with E-state index in [-0.39, 0.29) is 17.3 Å². The van der Waals surface area contributed by atoms with Crippen molar-refractivity contribution in [2.75, 3.05) is 0 Å². The maximum absolute atomic E-state index is 13.5. The van der Waals surface area contributed by atoms with Gasteiger partial charge in [0.05, 0.1) is 0 Å². The highest BCUT2D eigenvalue weighted by Crippen LogP contribution is 2.46. The van der Waals surface area contributed by atoms with E-state index >= 15 is 0 Å². The molecule has 0 amide bonds. The fourth-order valence-electron chi connectivity index (χ4n) is 3.82. The van der Waals surface area contributed by atoms with Gasteiger partial charge in [-0.3, -0.25) is 0 Å². The lowest BCUT2D eigenvalue weighted by molar-refractivity contribution is 0.181. The predicted molar refractivity (Wildman–Crippen MR) is 86.1 cm³/mol.